The quantitative estimate of drug-likeness (QED) is 0.535. The summed E-state index contributed by atoms with van der Waals surface area (Å²) < 4.78 is 27.9. The van der Waals surface area contributed by atoms with Crippen LogP contribution in [0.3, 0.4) is 0 Å². The van der Waals surface area contributed by atoms with E-state index in [0.717, 1.165) is 0 Å². The zero-order valence-corrected chi connectivity index (χ0v) is 17.6. The van der Waals surface area contributed by atoms with Crippen LogP contribution in [-0.4, -0.2) is 25.9 Å². The van der Waals surface area contributed by atoms with E-state index in [1.165, 1.54) is 28.6 Å². The lowest BCUT2D eigenvalue weighted by Crippen LogP contribution is -2.31. The van der Waals surface area contributed by atoms with Crippen LogP contribution in [0.2, 0.25) is 5.02 Å². The second-order valence-electron chi connectivity index (χ2n) is 6.31. The number of halogens is 1. The van der Waals surface area contributed by atoms with Crippen molar-refractivity contribution in [3.8, 4) is 0 Å². The molecule has 154 valence electrons. The summed E-state index contributed by atoms with van der Waals surface area (Å²) in [6, 6.07) is 18.2. The molecule has 0 saturated heterocycles. The molecular weight excluding hydrogens is 422 g/mol. The standard InChI is InChI=1S/C22H20ClN3O3S/c1-2-14-26(19-9-4-3-5-10-19)30(28,29)21-15-17(11-12-20(21)23)22(27)25-16-18-8-6-7-13-24-18/h2-13,15H,1,14,16H2,(H,25,27). The van der Waals surface area contributed by atoms with Crippen molar-refractivity contribution in [2.75, 3.05) is 10.8 Å². The van der Waals surface area contributed by atoms with Crippen molar-refractivity contribution < 1.29 is 13.2 Å². The number of nitrogens with one attached hydrogen (secondary N) is 1. The summed E-state index contributed by atoms with van der Waals surface area (Å²) in [4.78, 5) is 16.6. The van der Waals surface area contributed by atoms with Crippen LogP contribution in [0.4, 0.5) is 5.69 Å². The highest BCUT2D eigenvalue weighted by atomic mass is 35.5. The highest BCUT2D eigenvalue weighted by molar-refractivity contribution is 7.93. The predicted octanol–water partition coefficient (Wildman–Crippen LogP) is 4.05. The molecule has 0 atom stereocenters. The molecule has 1 heterocycles. The molecule has 0 radical (unpaired) electrons. The summed E-state index contributed by atoms with van der Waals surface area (Å²) in [5.74, 6) is -0.427. The first kappa shape index (κ1) is 21.5. The third-order valence-corrected chi connectivity index (χ3v) is 6.53. The molecule has 30 heavy (non-hydrogen) atoms. The van der Waals surface area contributed by atoms with Crippen molar-refractivity contribution in [2.45, 2.75) is 11.4 Å². The van der Waals surface area contributed by atoms with Gasteiger partial charge in [-0.2, -0.15) is 0 Å². The molecule has 3 aromatic rings. The van der Waals surface area contributed by atoms with Gasteiger partial charge in [0.05, 0.1) is 29.5 Å². The molecule has 0 aliphatic carbocycles. The molecule has 6 nitrogen and oxygen atoms in total. The molecule has 1 aromatic heterocycles. The average molecular weight is 442 g/mol. The molecule has 0 bridgehead atoms. The molecule has 1 amide bonds. The number of benzene rings is 2. The second-order valence-corrected chi connectivity index (χ2v) is 8.55. The first-order valence-corrected chi connectivity index (χ1v) is 10.9. The number of carbonyl (C=O) groups excluding carboxylic acids is 1. The molecule has 0 unspecified atom stereocenters. The van der Waals surface area contributed by atoms with Crippen molar-refractivity contribution in [3.05, 3.63) is 102 Å². The molecule has 0 fully saturated rings. The fraction of sp³-hybridized carbons (Fsp3) is 0.0909. The lowest BCUT2D eigenvalue weighted by atomic mass is 10.2. The van der Waals surface area contributed by atoms with Gasteiger partial charge in [-0.05, 0) is 42.5 Å². The predicted molar refractivity (Wildman–Crippen MR) is 118 cm³/mol. The summed E-state index contributed by atoms with van der Waals surface area (Å²) >= 11 is 6.22. The molecule has 3 rings (SSSR count). The third-order valence-electron chi connectivity index (χ3n) is 4.26. The summed E-state index contributed by atoms with van der Waals surface area (Å²) in [5.41, 5.74) is 1.34. The first-order valence-electron chi connectivity index (χ1n) is 9.10. The van der Waals surface area contributed by atoms with Gasteiger partial charge in [0.15, 0.2) is 0 Å². The van der Waals surface area contributed by atoms with Gasteiger partial charge in [0, 0.05) is 11.8 Å². The van der Waals surface area contributed by atoms with Crippen LogP contribution in [0.1, 0.15) is 16.1 Å². The van der Waals surface area contributed by atoms with Gasteiger partial charge < -0.3 is 5.32 Å². The Kier molecular flexibility index (Phi) is 6.87. The SMILES string of the molecule is C=CCN(c1ccccc1)S(=O)(=O)c1cc(C(=O)NCc2ccccn2)ccc1Cl. The van der Waals surface area contributed by atoms with Crippen LogP contribution in [0, 0.1) is 0 Å². The normalized spacial score (nSPS) is 11.0. The van der Waals surface area contributed by atoms with Crippen molar-refractivity contribution in [1.82, 2.24) is 10.3 Å². The fourth-order valence-electron chi connectivity index (χ4n) is 2.79. The van der Waals surface area contributed by atoms with E-state index >= 15 is 0 Å². The minimum atomic E-state index is -4.03. The van der Waals surface area contributed by atoms with E-state index < -0.39 is 15.9 Å². The monoisotopic (exact) mass is 441 g/mol. The van der Waals surface area contributed by atoms with Crippen LogP contribution in [0.5, 0.6) is 0 Å². The smallest absolute Gasteiger partial charge is 0.266 e. The van der Waals surface area contributed by atoms with Crippen molar-refractivity contribution in [2.24, 2.45) is 0 Å². The van der Waals surface area contributed by atoms with Crippen molar-refractivity contribution in [3.63, 3.8) is 0 Å². The Labute approximate surface area is 180 Å². The minimum absolute atomic E-state index is 0.0290. The molecular formula is C22H20ClN3O3S. The van der Waals surface area contributed by atoms with E-state index in [1.54, 1.807) is 48.7 Å². The zero-order chi connectivity index (χ0) is 21.6. The summed E-state index contributed by atoms with van der Waals surface area (Å²) in [5, 5.41) is 2.76. The lowest BCUT2D eigenvalue weighted by Gasteiger charge is -2.24. The van der Waals surface area contributed by atoms with Gasteiger partial charge in [-0.25, -0.2) is 8.42 Å². The van der Waals surface area contributed by atoms with Crippen molar-refractivity contribution >= 4 is 33.2 Å². The number of carbonyl (C=O) groups is 1. The topological polar surface area (TPSA) is 79.4 Å². The Morgan fingerprint density at radius 3 is 2.50 bits per heavy atom. The summed E-state index contributed by atoms with van der Waals surface area (Å²) in [6.07, 6.45) is 3.12. The van der Waals surface area contributed by atoms with Crippen LogP contribution in [0.15, 0.2) is 90.5 Å². The zero-order valence-electron chi connectivity index (χ0n) is 16.0. The Hall–Kier alpha value is -3.16. The molecule has 0 aliphatic heterocycles. The number of rotatable bonds is 8. The Balaban J connectivity index is 1.91. The van der Waals surface area contributed by atoms with E-state index in [-0.39, 0.29) is 28.6 Å². The highest BCUT2D eigenvalue weighted by Gasteiger charge is 2.27. The van der Waals surface area contributed by atoms with Gasteiger partial charge in [0.2, 0.25) is 0 Å². The van der Waals surface area contributed by atoms with Gasteiger partial charge in [-0.15, -0.1) is 6.58 Å². The maximum atomic E-state index is 13.3. The Bertz CT molecular complexity index is 1140. The number of aromatic nitrogens is 1. The van der Waals surface area contributed by atoms with Gasteiger partial charge in [0.25, 0.3) is 15.9 Å². The molecule has 0 spiro atoms. The number of nitrogens with zero attached hydrogens (tertiary/aromatic N) is 2. The molecule has 2 aromatic carbocycles. The number of anilines is 1. The number of amides is 1. The second kappa shape index (κ2) is 9.56. The number of para-hydroxylation sites is 1. The number of hydrogen-bond donors (Lipinski definition) is 1. The highest BCUT2D eigenvalue weighted by Crippen LogP contribution is 2.29. The van der Waals surface area contributed by atoms with Crippen LogP contribution in [0.25, 0.3) is 0 Å². The molecule has 8 heteroatoms. The molecule has 1 N–H and O–H groups in total. The Morgan fingerprint density at radius 1 is 1.10 bits per heavy atom. The number of sulfonamides is 1. The average Bonchev–Trinajstić information content (AvgIpc) is 2.77. The Morgan fingerprint density at radius 2 is 1.83 bits per heavy atom. The van der Waals surface area contributed by atoms with Gasteiger partial charge in [-0.3, -0.25) is 14.1 Å². The number of hydrogen-bond acceptors (Lipinski definition) is 4. The van der Waals surface area contributed by atoms with Crippen LogP contribution in [-0.2, 0) is 16.6 Å². The lowest BCUT2D eigenvalue weighted by molar-refractivity contribution is 0.0950. The summed E-state index contributed by atoms with van der Waals surface area (Å²) in [6.45, 7) is 3.92. The first-order chi connectivity index (χ1) is 14.4. The third kappa shape index (κ3) is 4.87. The maximum Gasteiger partial charge on any atom is 0.266 e. The van der Waals surface area contributed by atoms with Gasteiger partial charge in [-0.1, -0.05) is 41.9 Å². The van der Waals surface area contributed by atoms with Crippen LogP contribution < -0.4 is 9.62 Å². The van der Waals surface area contributed by atoms with E-state index in [2.05, 4.69) is 16.9 Å². The van der Waals surface area contributed by atoms with E-state index in [1.807, 2.05) is 6.07 Å². The van der Waals surface area contributed by atoms with Gasteiger partial charge >= 0.3 is 0 Å². The van der Waals surface area contributed by atoms with E-state index in [4.69, 9.17) is 11.6 Å². The maximum absolute atomic E-state index is 13.3. The molecule has 0 aliphatic rings. The van der Waals surface area contributed by atoms with E-state index in [9.17, 15) is 13.2 Å². The van der Waals surface area contributed by atoms with Crippen molar-refractivity contribution in [1.29, 1.82) is 0 Å². The van der Waals surface area contributed by atoms with Crippen LogP contribution >= 0.6 is 11.6 Å². The molecule has 0 saturated carbocycles. The largest absolute Gasteiger partial charge is 0.346 e. The van der Waals surface area contributed by atoms with E-state index in [0.29, 0.717) is 11.4 Å². The number of pyridine rings is 1. The fourth-order valence-corrected chi connectivity index (χ4v) is 4.73. The van der Waals surface area contributed by atoms with Gasteiger partial charge in [0.1, 0.15) is 4.90 Å². The summed E-state index contributed by atoms with van der Waals surface area (Å²) in [7, 11) is -4.03. The minimum Gasteiger partial charge on any atom is -0.346 e.